The van der Waals surface area contributed by atoms with Crippen LogP contribution in [0.25, 0.3) is 0 Å². The van der Waals surface area contributed by atoms with E-state index < -0.39 is 5.72 Å². The lowest BCUT2D eigenvalue weighted by Crippen LogP contribution is -2.65. The van der Waals surface area contributed by atoms with Crippen molar-refractivity contribution in [3.63, 3.8) is 0 Å². The molecule has 0 aliphatic carbocycles. The average Bonchev–Trinajstić information content (AvgIpc) is 2.55. The van der Waals surface area contributed by atoms with Gasteiger partial charge in [-0.2, -0.15) is 0 Å². The highest BCUT2D eigenvalue weighted by molar-refractivity contribution is 7.80. The zero-order chi connectivity index (χ0) is 16.9. The fraction of sp³-hybridized carbons (Fsp3) is 0.350. The molecule has 2 heterocycles. The van der Waals surface area contributed by atoms with Gasteiger partial charge in [0.1, 0.15) is 5.75 Å². The topological polar surface area (TPSA) is 24.5 Å². The normalized spacial score (nSPS) is 24.9. The van der Waals surface area contributed by atoms with Crippen LogP contribution in [0.5, 0.6) is 5.75 Å². The summed E-state index contributed by atoms with van der Waals surface area (Å²) < 4.78 is 6.46. The molecule has 2 aromatic carbocycles. The Hall–Kier alpha value is -2.07. The third-order valence-corrected chi connectivity index (χ3v) is 5.34. The lowest BCUT2D eigenvalue weighted by molar-refractivity contribution is 0.0497. The second kappa shape index (κ2) is 5.49. The first-order valence-corrected chi connectivity index (χ1v) is 8.90. The van der Waals surface area contributed by atoms with Crippen LogP contribution in [0.3, 0.4) is 0 Å². The predicted molar refractivity (Wildman–Crippen MR) is 102 cm³/mol. The summed E-state index contributed by atoms with van der Waals surface area (Å²) in [5, 5.41) is 4.25. The van der Waals surface area contributed by atoms with E-state index in [1.807, 2.05) is 0 Å². The summed E-state index contributed by atoms with van der Waals surface area (Å²) >= 11 is 5.69. The van der Waals surface area contributed by atoms with Crippen LogP contribution in [0.1, 0.15) is 43.0 Å². The monoisotopic (exact) mass is 338 g/mol. The van der Waals surface area contributed by atoms with Crippen LogP contribution in [0, 0.1) is 6.92 Å². The van der Waals surface area contributed by atoms with Crippen LogP contribution in [-0.4, -0.2) is 10.8 Å². The van der Waals surface area contributed by atoms with Crippen molar-refractivity contribution in [3.05, 3.63) is 59.2 Å². The van der Waals surface area contributed by atoms with Gasteiger partial charge in [0.2, 0.25) is 0 Å². The Balaban J connectivity index is 1.77. The van der Waals surface area contributed by atoms with Crippen molar-refractivity contribution in [1.82, 2.24) is 5.32 Å². The third kappa shape index (κ3) is 2.37. The van der Waals surface area contributed by atoms with Crippen LogP contribution < -0.4 is 15.0 Å². The Morgan fingerprint density at radius 2 is 2.00 bits per heavy atom. The lowest BCUT2D eigenvalue weighted by Gasteiger charge is -2.52. The van der Waals surface area contributed by atoms with Crippen molar-refractivity contribution in [2.24, 2.45) is 0 Å². The molecule has 24 heavy (non-hydrogen) atoms. The second-order valence-corrected chi connectivity index (χ2v) is 7.27. The molecule has 4 heteroatoms. The minimum atomic E-state index is -0.469. The fourth-order valence-corrected chi connectivity index (χ4v) is 4.17. The number of fused-ring (bicyclic) bond motifs is 4. The Morgan fingerprint density at radius 1 is 1.25 bits per heavy atom. The number of nitrogens with zero attached hydrogens (tertiary/aromatic N) is 1. The van der Waals surface area contributed by atoms with Gasteiger partial charge in [0.05, 0.1) is 6.04 Å². The summed E-state index contributed by atoms with van der Waals surface area (Å²) in [6.45, 7) is 6.39. The number of rotatable bonds is 2. The van der Waals surface area contributed by atoms with Gasteiger partial charge in [-0.15, -0.1) is 0 Å². The molecule has 0 amide bonds. The molecule has 2 atom stereocenters. The molecule has 4 rings (SSSR count). The van der Waals surface area contributed by atoms with Crippen molar-refractivity contribution in [2.45, 2.75) is 45.4 Å². The van der Waals surface area contributed by atoms with E-state index in [1.54, 1.807) is 0 Å². The standard InChI is InChI=1S/C20H22N2OS/c1-4-14-7-10-18-16(11-14)17-12-20(3,23-18)22(19(24)21-17)15-8-5-13(2)6-9-15/h5-11,17H,4,12H2,1-3H3,(H,21,24). The molecule has 3 nitrogen and oxygen atoms in total. The van der Waals surface area contributed by atoms with Crippen molar-refractivity contribution < 1.29 is 4.74 Å². The Bertz CT molecular complexity index is 802. The highest BCUT2D eigenvalue weighted by atomic mass is 32.1. The van der Waals surface area contributed by atoms with E-state index in [-0.39, 0.29) is 6.04 Å². The van der Waals surface area contributed by atoms with Crippen molar-refractivity contribution >= 4 is 23.0 Å². The number of thiocarbonyl (C=S) groups is 1. The van der Waals surface area contributed by atoms with Gasteiger partial charge >= 0.3 is 0 Å². The molecular weight excluding hydrogens is 316 g/mol. The zero-order valence-electron chi connectivity index (χ0n) is 14.3. The first-order chi connectivity index (χ1) is 11.5. The van der Waals surface area contributed by atoms with Gasteiger partial charge < -0.3 is 10.1 Å². The van der Waals surface area contributed by atoms with Crippen LogP contribution >= 0.6 is 12.2 Å². The molecule has 2 aliphatic heterocycles. The first-order valence-electron chi connectivity index (χ1n) is 8.49. The maximum absolute atomic E-state index is 6.46. The van der Waals surface area contributed by atoms with E-state index in [2.05, 4.69) is 73.5 Å². The molecule has 0 radical (unpaired) electrons. The molecule has 2 aromatic rings. The average molecular weight is 338 g/mol. The van der Waals surface area contributed by atoms with Crippen molar-refractivity contribution in [3.8, 4) is 5.75 Å². The molecule has 2 aliphatic rings. The van der Waals surface area contributed by atoms with Gasteiger partial charge in [0, 0.05) is 17.7 Å². The molecule has 0 saturated carbocycles. The molecule has 2 unspecified atom stereocenters. The number of anilines is 1. The molecule has 0 aromatic heterocycles. The quantitative estimate of drug-likeness (QED) is 0.815. The second-order valence-electron chi connectivity index (χ2n) is 6.88. The van der Waals surface area contributed by atoms with Gasteiger partial charge in [0.15, 0.2) is 10.8 Å². The number of benzene rings is 2. The Labute approximate surface area is 148 Å². The Morgan fingerprint density at radius 3 is 2.71 bits per heavy atom. The molecule has 2 bridgehead atoms. The number of nitrogens with one attached hydrogen (secondary N) is 1. The van der Waals surface area contributed by atoms with E-state index in [0.717, 1.165) is 29.4 Å². The van der Waals surface area contributed by atoms with Crippen LogP contribution in [0.4, 0.5) is 5.69 Å². The van der Waals surface area contributed by atoms with Crippen LogP contribution in [0.15, 0.2) is 42.5 Å². The maximum atomic E-state index is 6.46. The highest BCUT2D eigenvalue weighted by Gasteiger charge is 2.48. The summed E-state index contributed by atoms with van der Waals surface area (Å²) in [6.07, 6.45) is 1.89. The van der Waals surface area contributed by atoms with E-state index in [1.165, 1.54) is 16.7 Å². The van der Waals surface area contributed by atoms with Crippen molar-refractivity contribution in [2.75, 3.05) is 4.90 Å². The summed E-state index contributed by atoms with van der Waals surface area (Å²) in [5.74, 6) is 0.957. The molecular formula is C20H22N2OS. The predicted octanol–water partition coefficient (Wildman–Crippen LogP) is 4.49. The molecule has 1 N–H and O–H groups in total. The molecule has 1 saturated heterocycles. The van der Waals surface area contributed by atoms with E-state index >= 15 is 0 Å². The Kier molecular flexibility index (Phi) is 3.53. The maximum Gasteiger partial charge on any atom is 0.188 e. The van der Waals surface area contributed by atoms with E-state index in [9.17, 15) is 0 Å². The summed E-state index contributed by atoms with van der Waals surface area (Å²) in [4.78, 5) is 2.11. The largest absolute Gasteiger partial charge is 0.467 e. The fourth-order valence-electron chi connectivity index (χ4n) is 3.73. The lowest BCUT2D eigenvalue weighted by atomic mass is 9.89. The molecule has 0 spiro atoms. The molecule has 1 fully saturated rings. The number of ether oxygens (including phenoxy) is 1. The first kappa shape index (κ1) is 15.5. The van der Waals surface area contributed by atoms with Crippen LogP contribution in [-0.2, 0) is 6.42 Å². The number of hydrogen-bond acceptors (Lipinski definition) is 2. The van der Waals surface area contributed by atoms with E-state index in [0.29, 0.717) is 0 Å². The van der Waals surface area contributed by atoms with Crippen molar-refractivity contribution in [1.29, 1.82) is 0 Å². The van der Waals surface area contributed by atoms with Gasteiger partial charge in [0.25, 0.3) is 0 Å². The summed E-state index contributed by atoms with van der Waals surface area (Å²) in [6, 6.07) is 15.1. The number of hydrogen-bond donors (Lipinski definition) is 1. The van der Waals surface area contributed by atoms with Crippen LogP contribution in [0.2, 0.25) is 0 Å². The zero-order valence-corrected chi connectivity index (χ0v) is 15.1. The van der Waals surface area contributed by atoms with Gasteiger partial charge in [-0.1, -0.05) is 36.8 Å². The van der Waals surface area contributed by atoms with Gasteiger partial charge in [-0.05, 0) is 56.2 Å². The summed E-state index contributed by atoms with van der Waals surface area (Å²) in [5.41, 5.74) is 4.38. The molecule has 124 valence electrons. The number of aryl methyl sites for hydroxylation is 2. The van der Waals surface area contributed by atoms with E-state index in [4.69, 9.17) is 17.0 Å². The minimum absolute atomic E-state index is 0.208. The third-order valence-electron chi connectivity index (χ3n) is 5.04. The highest BCUT2D eigenvalue weighted by Crippen LogP contribution is 2.45. The van der Waals surface area contributed by atoms with Gasteiger partial charge in [-0.3, -0.25) is 4.90 Å². The van der Waals surface area contributed by atoms with Gasteiger partial charge in [-0.25, -0.2) is 0 Å². The summed E-state index contributed by atoms with van der Waals surface area (Å²) in [7, 11) is 0. The SMILES string of the molecule is CCc1ccc2c(c1)C1CC(C)(O2)N(c2ccc(C)cc2)C(=S)N1. The smallest absolute Gasteiger partial charge is 0.188 e. The minimum Gasteiger partial charge on any atom is -0.467 e.